The predicted molar refractivity (Wildman–Crippen MR) is 57.9 cm³/mol. The number of nitrogens with zero attached hydrogens (tertiary/aromatic N) is 1. The van der Waals surface area contributed by atoms with E-state index in [4.69, 9.17) is 9.47 Å². The number of methoxy groups -OCH3 is 1. The lowest BCUT2D eigenvalue weighted by atomic mass is 9.79. The second-order valence-electron chi connectivity index (χ2n) is 4.90. The Morgan fingerprint density at radius 3 is 2.88 bits per heavy atom. The minimum Gasteiger partial charge on any atom is -0.359 e. The zero-order chi connectivity index (χ0) is 12.4. The van der Waals surface area contributed by atoms with Crippen LogP contribution in [0.25, 0.3) is 0 Å². The van der Waals surface area contributed by atoms with Crippen molar-refractivity contribution in [2.75, 3.05) is 20.4 Å². The van der Waals surface area contributed by atoms with E-state index in [1.807, 2.05) is 0 Å². The molecule has 2 fully saturated rings. The van der Waals surface area contributed by atoms with Gasteiger partial charge in [0.05, 0.1) is 6.10 Å². The summed E-state index contributed by atoms with van der Waals surface area (Å²) in [6.45, 7) is 0.0845. The van der Waals surface area contributed by atoms with Gasteiger partial charge < -0.3 is 9.47 Å². The Labute approximate surface area is 99.4 Å². The van der Waals surface area contributed by atoms with E-state index in [0.29, 0.717) is 6.42 Å². The molecular formula is C11H17NO5. The van der Waals surface area contributed by atoms with Crippen molar-refractivity contribution in [3.05, 3.63) is 10.1 Å². The lowest BCUT2D eigenvalue weighted by Gasteiger charge is -2.24. The molecular weight excluding hydrogens is 226 g/mol. The lowest BCUT2D eigenvalue weighted by molar-refractivity contribution is -0.490. The molecule has 0 aliphatic heterocycles. The van der Waals surface area contributed by atoms with Crippen LogP contribution in [0.2, 0.25) is 0 Å². The van der Waals surface area contributed by atoms with Crippen molar-refractivity contribution in [1.82, 2.24) is 0 Å². The number of nitro groups is 1. The van der Waals surface area contributed by atoms with Gasteiger partial charge in [-0.05, 0) is 18.8 Å². The largest absolute Gasteiger partial charge is 0.359 e. The van der Waals surface area contributed by atoms with Crippen LogP contribution in [-0.2, 0) is 14.3 Å². The molecule has 0 saturated heterocycles. The number of carbonyl (C=O) groups excluding carboxylic acids is 1. The number of ether oxygens (including phenoxy) is 2. The van der Waals surface area contributed by atoms with E-state index < -0.39 is 0 Å². The summed E-state index contributed by atoms with van der Waals surface area (Å²) < 4.78 is 10.3. The van der Waals surface area contributed by atoms with Crippen molar-refractivity contribution in [3.63, 3.8) is 0 Å². The monoisotopic (exact) mass is 243 g/mol. The molecule has 2 saturated carbocycles. The molecule has 2 aliphatic rings. The smallest absolute Gasteiger partial charge is 0.207 e. The van der Waals surface area contributed by atoms with Gasteiger partial charge >= 0.3 is 0 Å². The first kappa shape index (κ1) is 12.4. The second-order valence-corrected chi connectivity index (χ2v) is 4.90. The minimum absolute atomic E-state index is 0.0712. The molecule has 0 N–H and O–H groups in total. The molecule has 4 atom stereocenters. The number of rotatable bonds is 5. The van der Waals surface area contributed by atoms with Crippen molar-refractivity contribution in [1.29, 1.82) is 0 Å². The third kappa shape index (κ3) is 2.63. The van der Waals surface area contributed by atoms with Gasteiger partial charge in [0.15, 0.2) is 0 Å². The van der Waals surface area contributed by atoms with E-state index >= 15 is 0 Å². The summed E-state index contributed by atoms with van der Waals surface area (Å²) in [6.07, 6.45) is 1.72. The Morgan fingerprint density at radius 2 is 2.24 bits per heavy atom. The van der Waals surface area contributed by atoms with Crippen LogP contribution >= 0.6 is 0 Å². The average Bonchev–Trinajstić information content (AvgIpc) is 2.63. The zero-order valence-corrected chi connectivity index (χ0v) is 9.83. The summed E-state index contributed by atoms with van der Waals surface area (Å²) in [4.78, 5) is 22.1. The van der Waals surface area contributed by atoms with Gasteiger partial charge in [0.2, 0.25) is 6.54 Å². The average molecular weight is 243 g/mol. The highest BCUT2D eigenvalue weighted by Gasteiger charge is 2.48. The molecule has 17 heavy (non-hydrogen) atoms. The summed E-state index contributed by atoms with van der Waals surface area (Å²) in [5, 5.41) is 10.5. The SMILES string of the molecule is COCO[C@H]1C[C@@H]2C[C@H]1C(=O)C[C@H]2C[N+](=O)[O-]. The third-order valence-electron chi connectivity index (χ3n) is 3.87. The Hall–Kier alpha value is -1.01. The Morgan fingerprint density at radius 1 is 1.47 bits per heavy atom. The Bertz CT molecular complexity index is 319. The lowest BCUT2D eigenvalue weighted by Crippen LogP contribution is -2.32. The summed E-state index contributed by atoms with van der Waals surface area (Å²) >= 11 is 0. The van der Waals surface area contributed by atoms with Crippen molar-refractivity contribution >= 4 is 5.78 Å². The fraction of sp³-hybridized carbons (Fsp3) is 0.909. The van der Waals surface area contributed by atoms with Gasteiger partial charge in [-0.25, -0.2) is 0 Å². The first-order valence-electron chi connectivity index (χ1n) is 5.87. The van der Waals surface area contributed by atoms with E-state index in [0.717, 1.165) is 12.8 Å². The molecule has 0 aromatic rings. The summed E-state index contributed by atoms with van der Waals surface area (Å²) in [6, 6.07) is 0. The molecule has 0 spiro atoms. The van der Waals surface area contributed by atoms with Crippen LogP contribution in [0.4, 0.5) is 0 Å². The molecule has 0 radical (unpaired) electrons. The molecule has 2 bridgehead atoms. The highest BCUT2D eigenvalue weighted by atomic mass is 16.7. The van der Waals surface area contributed by atoms with Crippen LogP contribution in [-0.4, -0.2) is 37.3 Å². The van der Waals surface area contributed by atoms with E-state index in [2.05, 4.69) is 0 Å². The standard InChI is InChI=1S/C11H17NO5/c1-16-6-17-11-4-7-2-9(11)10(13)3-8(7)5-12(14)15/h7-9,11H,2-6H2,1H3/t7-,8-,9-,11-/m0/s1. The van der Waals surface area contributed by atoms with Crippen molar-refractivity contribution in [3.8, 4) is 0 Å². The topological polar surface area (TPSA) is 78.7 Å². The number of hydrogen-bond acceptors (Lipinski definition) is 5. The van der Waals surface area contributed by atoms with E-state index in [1.54, 1.807) is 7.11 Å². The maximum atomic E-state index is 11.9. The van der Waals surface area contributed by atoms with Crippen LogP contribution in [0, 0.1) is 27.9 Å². The predicted octanol–water partition coefficient (Wildman–Crippen LogP) is 0.867. The van der Waals surface area contributed by atoms with E-state index in [9.17, 15) is 14.9 Å². The Balaban J connectivity index is 1.98. The quantitative estimate of drug-likeness (QED) is 0.406. The normalized spacial score (nSPS) is 36.2. The van der Waals surface area contributed by atoms with Crippen LogP contribution in [0.5, 0.6) is 0 Å². The Kier molecular flexibility index (Phi) is 3.73. The molecule has 6 nitrogen and oxygen atoms in total. The fourth-order valence-electron chi connectivity index (χ4n) is 3.08. The number of carbonyl (C=O) groups is 1. The van der Waals surface area contributed by atoms with Crippen molar-refractivity contribution in [2.45, 2.75) is 25.4 Å². The number of hydrogen-bond donors (Lipinski definition) is 0. The van der Waals surface area contributed by atoms with Gasteiger partial charge in [-0.15, -0.1) is 0 Å². The summed E-state index contributed by atoms with van der Waals surface area (Å²) in [5.74, 6) is 0.194. The number of fused-ring (bicyclic) bond motifs is 2. The summed E-state index contributed by atoms with van der Waals surface area (Å²) in [5.41, 5.74) is 0. The molecule has 0 amide bonds. The number of Topliss-reactive ketones (excluding diaryl/α,β-unsaturated/α-hetero) is 1. The van der Waals surface area contributed by atoms with E-state index in [-0.39, 0.29) is 47.9 Å². The fourth-order valence-corrected chi connectivity index (χ4v) is 3.08. The minimum atomic E-state index is -0.318. The van der Waals surface area contributed by atoms with Crippen molar-refractivity contribution in [2.24, 2.45) is 17.8 Å². The van der Waals surface area contributed by atoms with Crippen LogP contribution in [0.15, 0.2) is 0 Å². The third-order valence-corrected chi connectivity index (χ3v) is 3.87. The molecule has 96 valence electrons. The van der Waals surface area contributed by atoms with Crippen molar-refractivity contribution < 1.29 is 19.2 Å². The molecule has 0 unspecified atom stereocenters. The van der Waals surface area contributed by atoms with Gasteiger partial charge in [-0.2, -0.15) is 0 Å². The van der Waals surface area contributed by atoms with Gasteiger partial charge in [0.1, 0.15) is 12.6 Å². The second kappa shape index (κ2) is 5.10. The first-order valence-corrected chi connectivity index (χ1v) is 5.87. The van der Waals surface area contributed by atoms with Gasteiger partial charge in [-0.3, -0.25) is 14.9 Å². The zero-order valence-electron chi connectivity index (χ0n) is 9.83. The van der Waals surface area contributed by atoms with Gasteiger partial charge in [0, 0.05) is 30.3 Å². The van der Waals surface area contributed by atoms with Crippen LogP contribution in [0.3, 0.4) is 0 Å². The van der Waals surface area contributed by atoms with Gasteiger partial charge in [0.25, 0.3) is 0 Å². The first-order chi connectivity index (χ1) is 8.11. The highest BCUT2D eigenvalue weighted by Crippen LogP contribution is 2.45. The molecule has 0 heterocycles. The number of ketones is 1. The van der Waals surface area contributed by atoms with E-state index in [1.165, 1.54) is 0 Å². The molecule has 2 aliphatic carbocycles. The molecule has 2 rings (SSSR count). The maximum absolute atomic E-state index is 11.9. The van der Waals surface area contributed by atoms with Crippen LogP contribution in [0.1, 0.15) is 19.3 Å². The highest BCUT2D eigenvalue weighted by molar-refractivity contribution is 5.83. The summed E-state index contributed by atoms with van der Waals surface area (Å²) in [7, 11) is 1.54. The molecule has 6 heteroatoms. The maximum Gasteiger partial charge on any atom is 0.207 e. The van der Waals surface area contributed by atoms with Crippen LogP contribution < -0.4 is 0 Å². The van der Waals surface area contributed by atoms with Gasteiger partial charge in [-0.1, -0.05) is 0 Å². The molecule has 0 aromatic heterocycles. The molecule has 0 aromatic carbocycles.